The first kappa shape index (κ1) is 20.4. The number of nitrogens with zero attached hydrogens (tertiary/aromatic N) is 1. The number of primary amides is 1. The number of benzene rings is 1. The van der Waals surface area contributed by atoms with Crippen molar-refractivity contribution in [1.29, 1.82) is 0 Å². The molecule has 146 valence electrons. The lowest BCUT2D eigenvalue weighted by molar-refractivity contribution is -0.149. The lowest BCUT2D eigenvalue weighted by Crippen LogP contribution is -2.55. The number of carbonyl (C=O) groups is 4. The monoisotopic (exact) mass is 376 g/mol. The SMILES string of the molecule is NC(=O)C[C@H](N)C(=O)N[C@@H](Cc1ccccc1)C(=O)N1CCC[C@@H]1C(=O)O. The number of carboxylic acid groups (broad SMARTS) is 1. The Morgan fingerprint density at radius 2 is 1.89 bits per heavy atom. The van der Waals surface area contributed by atoms with Gasteiger partial charge in [0.05, 0.1) is 12.5 Å². The number of rotatable bonds is 8. The Morgan fingerprint density at radius 3 is 2.48 bits per heavy atom. The number of nitrogens with one attached hydrogen (secondary N) is 1. The molecule has 1 aromatic rings. The zero-order valence-corrected chi connectivity index (χ0v) is 14.8. The van der Waals surface area contributed by atoms with E-state index >= 15 is 0 Å². The normalized spacial score (nSPS) is 18.6. The van der Waals surface area contributed by atoms with Crippen LogP contribution in [0.2, 0.25) is 0 Å². The van der Waals surface area contributed by atoms with Crippen molar-refractivity contribution in [2.45, 2.75) is 43.8 Å². The lowest BCUT2D eigenvalue weighted by Gasteiger charge is -2.28. The van der Waals surface area contributed by atoms with Crippen molar-refractivity contribution in [2.75, 3.05) is 6.54 Å². The average molecular weight is 376 g/mol. The molecular formula is C18H24N4O5. The molecule has 3 atom stereocenters. The summed E-state index contributed by atoms with van der Waals surface area (Å²) in [6.07, 6.45) is 0.779. The summed E-state index contributed by atoms with van der Waals surface area (Å²) in [5, 5.41) is 11.9. The molecule has 1 aliphatic rings. The van der Waals surface area contributed by atoms with Gasteiger partial charge in [-0.1, -0.05) is 30.3 Å². The number of carboxylic acids is 1. The van der Waals surface area contributed by atoms with Crippen molar-refractivity contribution in [3.63, 3.8) is 0 Å². The molecule has 6 N–H and O–H groups in total. The second kappa shape index (κ2) is 9.13. The van der Waals surface area contributed by atoms with Gasteiger partial charge in [0.1, 0.15) is 12.1 Å². The van der Waals surface area contributed by atoms with Crippen molar-refractivity contribution < 1.29 is 24.3 Å². The zero-order valence-electron chi connectivity index (χ0n) is 14.8. The van der Waals surface area contributed by atoms with Crippen LogP contribution in [0.1, 0.15) is 24.8 Å². The number of nitrogens with two attached hydrogens (primary N) is 2. The Morgan fingerprint density at radius 1 is 1.22 bits per heavy atom. The van der Waals surface area contributed by atoms with Crippen LogP contribution in [-0.2, 0) is 25.6 Å². The van der Waals surface area contributed by atoms with Gasteiger partial charge in [-0.3, -0.25) is 14.4 Å². The Balaban J connectivity index is 2.18. The molecule has 0 bridgehead atoms. The minimum atomic E-state index is -1.18. The zero-order chi connectivity index (χ0) is 20.0. The molecule has 0 aromatic heterocycles. The molecule has 9 nitrogen and oxygen atoms in total. The van der Waals surface area contributed by atoms with Crippen LogP contribution in [0.15, 0.2) is 30.3 Å². The van der Waals surface area contributed by atoms with E-state index in [2.05, 4.69) is 5.32 Å². The first-order valence-corrected chi connectivity index (χ1v) is 8.71. The van der Waals surface area contributed by atoms with Crippen molar-refractivity contribution in [3.05, 3.63) is 35.9 Å². The summed E-state index contributed by atoms with van der Waals surface area (Å²) < 4.78 is 0. The van der Waals surface area contributed by atoms with Crippen LogP contribution >= 0.6 is 0 Å². The molecule has 0 aliphatic carbocycles. The predicted octanol–water partition coefficient (Wildman–Crippen LogP) is -1.01. The van der Waals surface area contributed by atoms with Gasteiger partial charge in [0.2, 0.25) is 17.7 Å². The Hall–Kier alpha value is -2.94. The van der Waals surface area contributed by atoms with Crippen molar-refractivity contribution in [3.8, 4) is 0 Å². The molecular weight excluding hydrogens is 352 g/mol. The fraction of sp³-hybridized carbons (Fsp3) is 0.444. The summed E-state index contributed by atoms with van der Waals surface area (Å²) in [6.45, 7) is 0.310. The number of likely N-dealkylation sites (tertiary alicyclic amines) is 1. The van der Waals surface area contributed by atoms with Crippen LogP contribution in [0.3, 0.4) is 0 Å². The number of hydrogen-bond donors (Lipinski definition) is 4. The number of carbonyl (C=O) groups excluding carboxylic acids is 3. The van der Waals surface area contributed by atoms with E-state index in [1.807, 2.05) is 6.07 Å². The molecule has 1 saturated heterocycles. The molecule has 1 aliphatic heterocycles. The molecule has 1 fully saturated rings. The van der Waals surface area contributed by atoms with Gasteiger partial charge in [-0.25, -0.2) is 4.79 Å². The topological polar surface area (TPSA) is 156 Å². The third-order valence-corrected chi connectivity index (χ3v) is 4.48. The van der Waals surface area contributed by atoms with E-state index in [1.165, 1.54) is 4.90 Å². The Bertz CT molecular complexity index is 709. The van der Waals surface area contributed by atoms with Gasteiger partial charge in [-0.2, -0.15) is 0 Å². The van der Waals surface area contributed by atoms with E-state index in [0.717, 1.165) is 5.56 Å². The molecule has 1 aromatic carbocycles. The number of aliphatic carboxylic acids is 1. The summed E-state index contributed by atoms with van der Waals surface area (Å²) in [6, 6.07) is 5.94. The molecule has 0 spiro atoms. The van der Waals surface area contributed by atoms with Gasteiger partial charge in [0.25, 0.3) is 0 Å². The van der Waals surface area contributed by atoms with Crippen molar-refractivity contribution in [1.82, 2.24) is 10.2 Å². The highest BCUT2D eigenvalue weighted by Gasteiger charge is 2.38. The number of hydrogen-bond acceptors (Lipinski definition) is 5. The summed E-state index contributed by atoms with van der Waals surface area (Å²) in [4.78, 5) is 48.9. The largest absolute Gasteiger partial charge is 0.480 e. The molecule has 0 radical (unpaired) electrons. The molecule has 3 amide bonds. The van der Waals surface area contributed by atoms with Gasteiger partial charge < -0.3 is 26.8 Å². The summed E-state index contributed by atoms with van der Waals surface area (Å²) in [7, 11) is 0. The van der Waals surface area contributed by atoms with Crippen LogP contribution in [0.5, 0.6) is 0 Å². The maximum absolute atomic E-state index is 13.0. The third-order valence-electron chi connectivity index (χ3n) is 4.48. The fourth-order valence-electron chi connectivity index (χ4n) is 3.13. The van der Waals surface area contributed by atoms with E-state index in [9.17, 15) is 24.3 Å². The minimum Gasteiger partial charge on any atom is -0.480 e. The van der Waals surface area contributed by atoms with Crippen LogP contribution in [0, 0.1) is 0 Å². The van der Waals surface area contributed by atoms with E-state index in [1.54, 1.807) is 24.3 Å². The van der Waals surface area contributed by atoms with Crippen molar-refractivity contribution >= 4 is 23.7 Å². The summed E-state index contributed by atoms with van der Waals surface area (Å²) in [5.41, 5.74) is 11.5. The minimum absolute atomic E-state index is 0.178. The van der Waals surface area contributed by atoms with Crippen LogP contribution in [0.25, 0.3) is 0 Å². The summed E-state index contributed by atoms with van der Waals surface area (Å²) >= 11 is 0. The smallest absolute Gasteiger partial charge is 0.326 e. The summed E-state index contributed by atoms with van der Waals surface area (Å²) in [5.74, 6) is -2.97. The molecule has 2 rings (SSSR count). The Kier molecular flexibility index (Phi) is 6.89. The first-order valence-electron chi connectivity index (χ1n) is 8.71. The Labute approximate surface area is 156 Å². The van der Waals surface area contributed by atoms with Gasteiger partial charge in [-0.05, 0) is 18.4 Å². The van der Waals surface area contributed by atoms with Gasteiger partial charge in [0, 0.05) is 13.0 Å². The predicted molar refractivity (Wildman–Crippen MR) is 96.2 cm³/mol. The van der Waals surface area contributed by atoms with Crippen LogP contribution in [0.4, 0.5) is 0 Å². The third kappa shape index (κ3) is 5.52. The van der Waals surface area contributed by atoms with Gasteiger partial charge in [0.15, 0.2) is 0 Å². The standard InChI is InChI=1S/C18H24N4O5/c19-12(10-15(20)23)16(24)21-13(9-11-5-2-1-3-6-11)17(25)22-8-4-7-14(22)18(26)27/h1-3,5-6,12-14H,4,7-10,19H2,(H2,20,23)(H,21,24)(H,26,27)/t12-,13-,14+/m0/s1. The van der Waals surface area contributed by atoms with Gasteiger partial charge in [-0.15, -0.1) is 0 Å². The van der Waals surface area contributed by atoms with E-state index in [4.69, 9.17) is 11.5 Å². The first-order chi connectivity index (χ1) is 12.8. The maximum atomic E-state index is 13.0. The second-order valence-electron chi connectivity index (χ2n) is 6.56. The van der Waals surface area contributed by atoms with Crippen LogP contribution < -0.4 is 16.8 Å². The van der Waals surface area contributed by atoms with Gasteiger partial charge >= 0.3 is 5.97 Å². The van der Waals surface area contributed by atoms with E-state index < -0.39 is 41.8 Å². The average Bonchev–Trinajstić information content (AvgIpc) is 3.10. The molecule has 27 heavy (non-hydrogen) atoms. The van der Waals surface area contributed by atoms with E-state index in [-0.39, 0.29) is 12.8 Å². The lowest BCUT2D eigenvalue weighted by atomic mass is 10.0. The maximum Gasteiger partial charge on any atom is 0.326 e. The van der Waals surface area contributed by atoms with Crippen molar-refractivity contribution in [2.24, 2.45) is 11.5 Å². The molecule has 9 heteroatoms. The molecule has 0 unspecified atom stereocenters. The second-order valence-corrected chi connectivity index (χ2v) is 6.56. The number of amides is 3. The highest BCUT2D eigenvalue weighted by atomic mass is 16.4. The fourth-order valence-corrected chi connectivity index (χ4v) is 3.13. The quantitative estimate of drug-likeness (QED) is 0.455. The highest BCUT2D eigenvalue weighted by Crippen LogP contribution is 2.19. The molecule has 0 saturated carbocycles. The molecule has 1 heterocycles. The van der Waals surface area contributed by atoms with E-state index in [0.29, 0.717) is 19.4 Å². The van der Waals surface area contributed by atoms with Crippen LogP contribution in [-0.4, -0.2) is 58.4 Å². The highest BCUT2D eigenvalue weighted by molar-refractivity contribution is 5.93.